The number of carbonyl (C=O) groups is 4. The molecule has 7 nitrogen and oxygen atoms in total. The Morgan fingerprint density at radius 3 is 2.44 bits per heavy atom. The summed E-state index contributed by atoms with van der Waals surface area (Å²) in [7, 11) is 0. The molecule has 0 unspecified atom stereocenters. The highest BCUT2D eigenvalue weighted by molar-refractivity contribution is 6.31. The Labute approximate surface area is 252 Å². The predicted octanol–water partition coefficient (Wildman–Crippen LogP) is 5.98. The second-order valence-corrected chi connectivity index (χ2v) is 12.7. The number of likely N-dealkylation sites (tertiary alicyclic amines) is 1. The number of hydrogen-bond acceptors (Lipinski definition) is 5. The number of phenolic OH excluding ortho intramolecular Hbond substituents is 1. The van der Waals surface area contributed by atoms with Gasteiger partial charge in [-0.2, -0.15) is 0 Å². The first kappa shape index (κ1) is 27.8. The first-order valence-corrected chi connectivity index (χ1v) is 15.1. The third-order valence-electron chi connectivity index (χ3n) is 10.2. The minimum Gasteiger partial charge on any atom is -0.507 e. The SMILES string of the molecule is CCCN1C(=O)[C@H]2[C@H](CC=C3[C@H]2C[C@H]2C(=O)N(c4ccc(F)c(Cl)c4)C(=O)[C@@]2(C)[C@H]3c2ccc(O)c3ccccc23)C1=O. The molecular weight excluding hydrogens is 571 g/mol. The van der Waals surface area contributed by atoms with Crippen LogP contribution in [0.1, 0.15) is 44.6 Å². The van der Waals surface area contributed by atoms with Crippen molar-refractivity contribution in [1.82, 2.24) is 4.90 Å². The lowest BCUT2D eigenvalue weighted by Gasteiger charge is -2.49. The molecule has 2 saturated heterocycles. The van der Waals surface area contributed by atoms with E-state index in [0.29, 0.717) is 24.8 Å². The lowest BCUT2D eigenvalue weighted by molar-refractivity contribution is -0.140. The average Bonchev–Trinajstić information content (AvgIpc) is 3.35. The van der Waals surface area contributed by atoms with Crippen molar-refractivity contribution in [2.75, 3.05) is 11.4 Å². The molecule has 3 aromatic rings. The predicted molar refractivity (Wildman–Crippen MR) is 159 cm³/mol. The molecule has 2 heterocycles. The number of aromatic hydroxyl groups is 1. The average molecular weight is 601 g/mol. The fourth-order valence-corrected chi connectivity index (χ4v) is 8.47. The Hall–Kier alpha value is -4.04. The van der Waals surface area contributed by atoms with Crippen LogP contribution in [0.2, 0.25) is 5.02 Å². The normalized spacial score (nSPS) is 30.0. The van der Waals surface area contributed by atoms with E-state index in [-0.39, 0.29) is 34.7 Å². The maximum Gasteiger partial charge on any atom is 0.241 e. The molecule has 0 aromatic heterocycles. The molecule has 9 heteroatoms. The summed E-state index contributed by atoms with van der Waals surface area (Å²) in [6, 6.07) is 14.5. The standard InChI is InChI=1S/C34H30ClFN2O5/c1-3-14-37-30(40)22-10-9-21-23(28(22)32(37)42)16-24-31(41)38(17-8-12-26(36)25(35)15-17)33(43)34(24,2)29(21)20-11-13-27(39)19-7-5-4-6-18(19)20/h4-9,11-13,15,22-24,28-29,39H,3,10,14,16H2,1-2H3/t22-,23+,24-,28-,29-,34+/m0/s1. The van der Waals surface area contributed by atoms with Crippen LogP contribution in [-0.2, 0) is 19.2 Å². The maximum atomic E-state index is 14.6. The number of imide groups is 2. The van der Waals surface area contributed by atoms with Crippen molar-refractivity contribution in [1.29, 1.82) is 0 Å². The van der Waals surface area contributed by atoms with Gasteiger partial charge in [0.25, 0.3) is 0 Å². The number of fused-ring (bicyclic) bond motifs is 5. The highest BCUT2D eigenvalue weighted by Gasteiger charge is 2.67. The molecule has 3 fully saturated rings. The van der Waals surface area contributed by atoms with Gasteiger partial charge in [0.15, 0.2) is 0 Å². The zero-order chi connectivity index (χ0) is 30.4. The van der Waals surface area contributed by atoms with Gasteiger partial charge in [0.05, 0.1) is 33.9 Å². The lowest BCUT2D eigenvalue weighted by atomic mass is 9.51. The minimum absolute atomic E-state index is 0.0919. The van der Waals surface area contributed by atoms with Crippen LogP contribution in [0.5, 0.6) is 5.75 Å². The van der Waals surface area contributed by atoms with Crippen molar-refractivity contribution in [2.24, 2.45) is 29.1 Å². The number of phenols is 1. The fraction of sp³-hybridized carbons (Fsp3) is 0.353. The zero-order valence-electron chi connectivity index (χ0n) is 23.7. The Balaban J connectivity index is 1.44. The number of halogens is 2. The smallest absolute Gasteiger partial charge is 0.241 e. The molecule has 2 aliphatic heterocycles. The highest BCUT2D eigenvalue weighted by atomic mass is 35.5. The van der Waals surface area contributed by atoms with Gasteiger partial charge >= 0.3 is 0 Å². The highest BCUT2D eigenvalue weighted by Crippen LogP contribution is 2.64. The zero-order valence-corrected chi connectivity index (χ0v) is 24.5. The molecule has 220 valence electrons. The third-order valence-corrected chi connectivity index (χ3v) is 10.5. The summed E-state index contributed by atoms with van der Waals surface area (Å²) in [4.78, 5) is 58.5. The number of allylic oxidation sites excluding steroid dienone is 2. The maximum absolute atomic E-state index is 14.6. The molecule has 2 aliphatic carbocycles. The molecule has 1 saturated carbocycles. The van der Waals surface area contributed by atoms with E-state index in [4.69, 9.17) is 11.6 Å². The van der Waals surface area contributed by atoms with Gasteiger partial charge < -0.3 is 5.11 Å². The summed E-state index contributed by atoms with van der Waals surface area (Å²) < 4.78 is 14.1. The Morgan fingerprint density at radius 1 is 0.977 bits per heavy atom. The van der Waals surface area contributed by atoms with Gasteiger partial charge in [0.1, 0.15) is 11.6 Å². The fourth-order valence-electron chi connectivity index (χ4n) is 8.30. The molecule has 3 aromatic carbocycles. The summed E-state index contributed by atoms with van der Waals surface area (Å²) in [5.41, 5.74) is 0.553. The van der Waals surface area contributed by atoms with Crippen molar-refractivity contribution in [2.45, 2.75) is 39.0 Å². The van der Waals surface area contributed by atoms with Crippen molar-refractivity contribution in [3.05, 3.63) is 82.6 Å². The molecule has 6 atom stereocenters. The van der Waals surface area contributed by atoms with E-state index in [0.717, 1.165) is 27.5 Å². The quantitative estimate of drug-likeness (QED) is 0.294. The van der Waals surface area contributed by atoms with E-state index < -0.39 is 52.6 Å². The Morgan fingerprint density at radius 2 is 1.72 bits per heavy atom. The second-order valence-electron chi connectivity index (χ2n) is 12.3. The summed E-state index contributed by atoms with van der Waals surface area (Å²) >= 11 is 6.08. The van der Waals surface area contributed by atoms with Gasteiger partial charge in [0, 0.05) is 17.8 Å². The van der Waals surface area contributed by atoms with Crippen LogP contribution in [0.25, 0.3) is 10.8 Å². The Kier molecular flexibility index (Phi) is 6.29. The first-order chi connectivity index (χ1) is 20.6. The number of carbonyl (C=O) groups excluding carboxylic acids is 4. The molecular formula is C34H30ClFN2O5. The van der Waals surface area contributed by atoms with Crippen LogP contribution >= 0.6 is 11.6 Å². The van der Waals surface area contributed by atoms with E-state index in [2.05, 4.69) is 0 Å². The number of hydrogen-bond donors (Lipinski definition) is 1. The molecule has 0 spiro atoms. The first-order valence-electron chi connectivity index (χ1n) is 14.7. The summed E-state index contributed by atoms with van der Waals surface area (Å²) in [5, 5.41) is 11.8. The van der Waals surface area contributed by atoms with Crippen molar-refractivity contribution < 1.29 is 28.7 Å². The van der Waals surface area contributed by atoms with Crippen LogP contribution in [0, 0.1) is 34.9 Å². The van der Waals surface area contributed by atoms with Gasteiger partial charge in [0.2, 0.25) is 23.6 Å². The third kappa shape index (κ3) is 3.71. The largest absolute Gasteiger partial charge is 0.507 e. The van der Waals surface area contributed by atoms with E-state index in [1.165, 1.54) is 17.0 Å². The van der Waals surface area contributed by atoms with E-state index in [9.17, 15) is 28.7 Å². The molecule has 1 N–H and O–H groups in total. The minimum atomic E-state index is -1.26. The molecule has 43 heavy (non-hydrogen) atoms. The van der Waals surface area contributed by atoms with Crippen molar-refractivity contribution in [3.63, 3.8) is 0 Å². The van der Waals surface area contributed by atoms with Gasteiger partial charge in [-0.05, 0) is 67.3 Å². The molecule has 0 bridgehead atoms. The number of rotatable bonds is 4. The number of anilines is 1. The topological polar surface area (TPSA) is 95.0 Å². The van der Waals surface area contributed by atoms with E-state index >= 15 is 0 Å². The number of benzene rings is 3. The lowest BCUT2D eigenvalue weighted by Crippen LogP contribution is -2.49. The van der Waals surface area contributed by atoms with Crippen LogP contribution in [0.3, 0.4) is 0 Å². The van der Waals surface area contributed by atoms with E-state index in [1.54, 1.807) is 25.1 Å². The van der Waals surface area contributed by atoms with Crippen molar-refractivity contribution >= 4 is 51.7 Å². The molecule has 4 aliphatic rings. The second kappa shape index (κ2) is 9.74. The number of amides is 4. The number of nitrogens with zero attached hydrogens (tertiary/aromatic N) is 2. The van der Waals surface area contributed by atoms with Crippen LogP contribution in [0.4, 0.5) is 10.1 Å². The monoisotopic (exact) mass is 600 g/mol. The summed E-state index contributed by atoms with van der Waals surface area (Å²) in [6.07, 6.45) is 3.25. The van der Waals surface area contributed by atoms with Crippen LogP contribution in [-0.4, -0.2) is 40.2 Å². The summed E-state index contributed by atoms with van der Waals surface area (Å²) in [6.45, 7) is 4.06. The summed E-state index contributed by atoms with van der Waals surface area (Å²) in [5.74, 6) is -4.83. The van der Waals surface area contributed by atoms with Gasteiger partial charge in [-0.15, -0.1) is 0 Å². The molecule has 4 amide bonds. The van der Waals surface area contributed by atoms with Gasteiger partial charge in [-0.3, -0.25) is 24.1 Å². The van der Waals surface area contributed by atoms with Crippen LogP contribution in [0.15, 0.2) is 66.2 Å². The molecule has 7 rings (SSSR count). The van der Waals surface area contributed by atoms with E-state index in [1.807, 2.05) is 31.2 Å². The molecule has 0 radical (unpaired) electrons. The van der Waals surface area contributed by atoms with Gasteiger partial charge in [-0.1, -0.05) is 60.5 Å². The van der Waals surface area contributed by atoms with Gasteiger partial charge in [-0.25, -0.2) is 9.29 Å². The van der Waals surface area contributed by atoms with Crippen LogP contribution < -0.4 is 4.90 Å². The Bertz CT molecular complexity index is 1790. The van der Waals surface area contributed by atoms with Crippen molar-refractivity contribution in [3.8, 4) is 5.75 Å².